The number of hydrogen-bond donors (Lipinski definition) is 4. The highest BCUT2D eigenvalue weighted by Crippen LogP contribution is 2.38. The second-order valence-corrected chi connectivity index (χ2v) is 11.4. The summed E-state index contributed by atoms with van der Waals surface area (Å²) in [5, 5.41) is 34.7. The van der Waals surface area contributed by atoms with Crippen LogP contribution in [0.3, 0.4) is 0 Å². The molecule has 0 saturated carbocycles. The van der Waals surface area contributed by atoms with Crippen LogP contribution in [0.25, 0.3) is 17.1 Å². The molecule has 3 amide bonds. The first-order chi connectivity index (χ1) is 22.6. The third-order valence-corrected chi connectivity index (χ3v) is 7.85. The van der Waals surface area contributed by atoms with Crippen molar-refractivity contribution >= 4 is 17.9 Å². The molecule has 13 heteroatoms. The lowest BCUT2D eigenvalue weighted by Gasteiger charge is -2.31. The number of alkyl carbamates (subject to hydrolysis) is 1. The van der Waals surface area contributed by atoms with Crippen LogP contribution in [0, 0.1) is 0 Å². The summed E-state index contributed by atoms with van der Waals surface area (Å²) < 4.78 is 12.9. The van der Waals surface area contributed by atoms with E-state index in [1.165, 1.54) is 13.1 Å². The fraction of sp³-hybridized carbons (Fsp3) is 0.324. The first kappa shape index (κ1) is 32.8. The smallest absolute Gasteiger partial charge is 0.407 e. The Bertz CT molecular complexity index is 1740. The molecule has 47 heavy (non-hydrogen) atoms. The molecule has 1 aliphatic rings. The summed E-state index contributed by atoms with van der Waals surface area (Å²) in [4.78, 5) is 39.2. The number of rotatable bonds is 9. The van der Waals surface area contributed by atoms with E-state index in [0.717, 1.165) is 0 Å². The normalized spacial score (nSPS) is 13.3. The van der Waals surface area contributed by atoms with Crippen molar-refractivity contribution in [3.05, 3.63) is 77.6 Å². The molecule has 0 radical (unpaired) electrons. The minimum Gasteiger partial charge on any atom is -0.508 e. The topological polar surface area (TPSA) is 168 Å². The molecule has 4 aromatic rings. The maximum atomic E-state index is 13.0. The van der Waals surface area contributed by atoms with E-state index in [1.807, 2.05) is 13.8 Å². The van der Waals surface area contributed by atoms with Gasteiger partial charge in [-0.3, -0.25) is 14.2 Å². The average molecular weight is 643 g/mol. The van der Waals surface area contributed by atoms with Gasteiger partial charge in [-0.2, -0.15) is 0 Å². The molecule has 5 rings (SSSR count). The van der Waals surface area contributed by atoms with Crippen molar-refractivity contribution in [2.75, 3.05) is 26.7 Å². The van der Waals surface area contributed by atoms with Crippen molar-refractivity contribution in [3.63, 3.8) is 0 Å². The van der Waals surface area contributed by atoms with E-state index < -0.39 is 12.0 Å². The molecule has 4 N–H and O–H groups in total. The number of aromatic nitrogens is 3. The number of likely N-dealkylation sites (tertiary alicyclic amines) is 1. The van der Waals surface area contributed by atoms with Crippen LogP contribution >= 0.6 is 0 Å². The molecule has 3 aromatic carbocycles. The summed E-state index contributed by atoms with van der Waals surface area (Å²) in [6.45, 7) is 7.00. The van der Waals surface area contributed by atoms with Gasteiger partial charge in [0.15, 0.2) is 5.82 Å². The van der Waals surface area contributed by atoms with Gasteiger partial charge in [0.2, 0.25) is 5.82 Å². The van der Waals surface area contributed by atoms with Crippen LogP contribution in [-0.2, 0) is 4.74 Å². The van der Waals surface area contributed by atoms with Gasteiger partial charge in [0, 0.05) is 56.8 Å². The Kier molecular flexibility index (Phi) is 9.93. The van der Waals surface area contributed by atoms with Crippen molar-refractivity contribution in [2.45, 2.75) is 45.6 Å². The maximum Gasteiger partial charge on any atom is 0.407 e. The zero-order valence-electron chi connectivity index (χ0n) is 26.7. The molecule has 0 bridgehead atoms. The Morgan fingerprint density at radius 3 is 2.17 bits per heavy atom. The van der Waals surface area contributed by atoms with Gasteiger partial charge in [0.25, 0.3) is 11.8 Å². The summed E-state index contributed by atoms with van der Waals surface area (Å²) in [5.41, 5.74) is 1.99. The number of phenols is 2. The molecule has 1 fully saturated rings. The quantitative estimate of drug-likeness (QED) is 0.197. The molecule has 0 aliphatic carbocycles. The Morgan fingerprint density at radius 1 is 0.936 bits per heavy atom. The first-order valence-electron chi connectivity index (χ1n) is 15.4. The fourth-order valence-corrected chi connectivity index (χ4v) is 5.36. The van der Waals surface area contributed by atoms with E-state index in [0.29, 0.717) is 66.4 Å². The Labute approximate surface area is 272 Å². The van der Waals surface area contributed by atoms with Gasteiger partial charge in [-0.1, -0.05) is 13.8 Å². The summed E-state index contributed by atoms with van der Waals surface area (Å²) in [6, 6.07) is 16.7. The lowest BCUT2D eigenvalue weighted by Crippen LogP contribution is -2.42. The molecular weight excluding hydrogens is 604 g/mol. The summed E-state index contributed by atoms with van der Waals surface area (Å²) in [5.74, 6) is 0.461. The highest BCUT2D eigenvalue weighted by atomic mass is 16.6. The number of nitrogens with one attached hydrogen (secondary N) is 2. The largest absolute Gasteiger partial charge is 0.508 e. The van der Waals surface area contributed by atoms with E-state index in [1.54, 1.807) is 71.0 Å². The lowest BCUT2D eigenvalue weighted by atomic mass is 9.98. The number of ether oxygens (including phenoxy) is 2. The third-order valence-electron chi connectivity index (χ3n) is 7.85. The summed E-state index contributed by atoms with van der Waals surface area (Å²) in [7, 11) is 1.51. The molecular formula is C34H38N6O7. The van der Waals surface area contributed by atoms with Gasteiger partial charge < -0.3 is 35.2 Å². The number of aromatic hydroxyl groups is 2. The molecule has 1 aliphatic heterocycles. The summed E-state index contributed by atoms with van der Waals surface area (Å²) in [6.07, 6.45) is 0.470. The lowest BCUT2D eigenvalue weighted by molar-refractivity contribution is 0.0431. The van der Waals surface area contributed by atoms with E-state index in [2.05, 4.69) is 20.8 Å². The van der Waals surface area contributed by atoms with Gasteiger partial charge in [-0.25, -0.2) is 4.79 Å². The minimum absolute atomic E-state index is 0.0255. The third kappa shape index (κ3) is 7.29. The van der Waals surface area contributed by atoms with E-state index in [-0.39, 0.29) is 41.1 Å². The maximum absolute atomic E-state index is 13.0. The van der Waals surface area contributed by atoms with Gasteiger partial charge >= 0.3 is 6.09 Å². The van der Waals surface area contributed by atoms with E-state index >= 15 is 0 Å². The molecule has 0 unspecified atom stereocenters. The van der Waals surface area contributed by atoms with Crippen molar-refractivity contribution in [1.29, 1.82) is 0 Å². The monoisotopic (exact) mass is 642 g/mol. The predicted octanol–water partition coefficient (Wildman–Crippen LogP) is 4.97. The number of hydrogen-bond acceptors (Lipinski definition) is 9. The van der Waals surface area contributed by atoms with Crippen LogP contribution in [-0.4, -0.2) is 80.6 Å². The Balaban J connectivity index is 1.33. The van der Waals surface area contributed by atoms with Gasteiger partial charge in [0.05, 0.1) is 5.56 Å². The van der Waals surface area contributed by atoms with Gasteiger partial charge in [-0.15, -0.1) is 10.2 Å². The van der Waals surface area contributed by atoms with Crippen molar-refractivity contribution in [1.82, 2.24) is 30.3 Å². The van der Waals surface area contributed by atoms with Crippen LogP contribution in [0.15, 0.2) is 60.7 Å². The molecule has 1 aromatic heterocycles. The SMILES string of the molecule is CCNC(=O)c1nnc(-c2cc(C(C)C)c(O)cc2O)n1-c1ccc(Oc2ccc(C(=O)N3CCC(OC(=O)NC)CC3)cc2)cc1. The van der Waals surface area contributed by atoms with Crippen LogP contribution in [0.1, 0.15) is 66.1 Å². The minimum atomic E-state index is -0.470. The number of nitrogens with zero attached hydrogens (tertiary/aromatic N) is 4. The van der Waals surface area contributed by atoms with Crippen LogP contribution in [0.2, 0.25) is 0 Å². The molecule has 1 saturated heterocycles. The molecule has 0 spiro atoms. The van der Waals surface area contributed by atoms with Gasteiger partial charge in [0.1, 0.15) is 29.1 Å². The second kappa shape index (κ2) is 14.2. The van der Waals surface area contributed by atoms with E-state index in [4.69, 9.17) is 9.47 Å². The number of carbonyl (C=O) groups is 3. The number of benzene rings is 3. The molecule has 2 heterocycles. The molecule has 13 nitrogen and oxygen atoms in total. The standard InChI is InChI=1S/C34H38N6O7/c1-5-36-32(43)31-38-37-30(27-18-26(20(2)3)28(41)19-29(27)42)40(31)22-8-12-24(13-9-22)46-23-10-6-21(7-11-23)33(44)39-16-14-25(15-17-39)47-34(45)35-4/h6-13,18-20,25,41-42H,5,14-17H2,1-4H3,(H,35,45)(H,36,43). The van der Waals surface area contributed by atoms with Crippen LogP contribution in [0.5, 0.6) is 23.0 Å². The number of carbonyl (C=O) groups excluding carboxylic acids is 3. The number of amides is 3. The summed E-state index contributed by atoms with van der Waals surface area (Å²) >= 11 is 0. The molecule has 0 atom stereocenters. The van der Waals surface area contributed by atoms with Crippen molar-refractivity contribution < 1.29 is 34.1 Å². The first-order valence-corrected chi connectivity index (χ1v) is 15.4. The highest BCUT2D eigenvalue weighted by Gasteiger charge is 2.26. The highest BCUT2D eigenvalue weighted by molar-refractivity contribution is 5.94. The fourth-order valence-electron chi connectivity index (χ4n) is 5.36. The van der Waals surface area contributed by atoms with Crippen molar-refractivity contribution in [3.8, 4) is 40.1 Å². The zero-order chi connectivity index (χ0) is 33.7. The van der Waals surface area contributed by atoms with Gasteiger partial charge in [-0.05, 0) is 73.0 Å². The number of piperidine rings is 1. The van der Waals surface area contributed by atoms with Crippen molar-refractivity contribution in [2.24, 2.45) is 0 Å². The van der Waals surface area contributed by atoms with Crippen LogP contribution in [0.4, 0.5) is 4.79 Å². The Hall–Kier alpha value is -5.59. The predicted molar refractivity (Wildman–Crippen MR) is 173 cm³/mol. The zero-order valence-corrected chi connectivity index (χ0v) is 26.7. The van der Waals surface area contributed by atoms with Crippen LogP contribution < -0.4 is 15.4 Å². The second-order valence-electron chi connectivity index (χ2n) is 11.4. The molecule has 246 valence electrons. The average Bonchev–Trinajstić information content (AvgIpc) is 3.50. The number of phenolic OH excluding ortho intramolecular Hbond substituents is 2. The Morgan fingerprint density at radius 2 is 1.57 bits per heavy atom. The van der Waals surface area contributed by atoms with E-state index in [9.17, 15) is 24.6 Å².